The molecule has 1 aromatic carbocycles. The Morgan fingerprint density at radius 3 is 2.70 bits per heavy atom. The molecule has 3 nitrogen and oxygen atoms in total. The van der Waals surface area contributed by atoms with Crippen molar-refractivity contribution in [3.8, 4) is 0 Å². The van der Waals surface area contributed by atoms with Gasteiger partial charge in [-0.25, -0.2) is 4.98 Å². The average molecular weight is 271 g/mol. The fraction of sp³-hybridized carbons (Fsp3) is 0.471. The summed E-state index contributed by atoms with van der Waals surface area (Å²) in [5, 5.41) is 3.64. The Labute approximate surface area is 122 Å². The van der Waals surface area contributed by atoms with E-state index in [1.807, 2.05) is 6.20 Å². The molecule has 3 heteroatoms. The van der Waals surface area contributed by atoms with Gasteiger partial charge in [0.15, 0.2) is 0 Å². The second-order valence-electron chi connectivity index (χ2n) is 5.22. The Kier molecular flexibility index (Phi) is 5.36. The molecule has 0 saturated carbocycles. The Bertz CT molecular complexity index is 531. The van der Waals surface area contributed by atoms with Crippen LogP contribution in [-0.2, 0) is 6.54 Å². The molecular formula is C17H25N3. The molecule has 0 aliphatic heterocycles. The van der Waals surface area contributed by atoms with E-state index >= 15 is 0 Å². The van der Waals surface area contributed by atoms with Gasteiger partial charge in [0.25, 0.3) is 0 Å². The first-order chi connectivity index (χ1) is 9.77. The third kappa shape index (κ3) is 3.28. The van der Waals surface area contributed by atoms with Gasteiger partial charge in [-0.05, 0) is 37.4 Å². The predicted molar refractivity (Wildman–Crippen MR) is 83.8 cm³/mol. The zero-order chi connectivity index (χ0) is 14.4. The molecule has 0 aliphatic carbocycles. The molecule has 2 rings (SSSR count). The second-order valence-corrected chi connectivity index (χ2v) is 5.22. The minimum atomic E-state index is 0.178. The maximum atomic E-state index is 4.61. The number of rotatable bonds is 7. The average Bonchev–Trinajstić information content (AvgIpc) is 2.90. The molecule has 1 N–H and O–H groups in total. The molecule has 1 atom stereocenters. The first kappa shape index (κ1) is 14.8. The largest absolute Gasteiger partial charge is 0.333 e. The second kappa shape index (κ2) is 7.25. The summed E-state index contributed by atoms with van der Waals surface area (Å²) >= 11 is 0. The highest BCUT2D eigenvalue weighted by atomic mass is 15.1. The minimum absolute atomic E-state index is 0.178. The van der Waals surface area contributed by atoms with Crippen LogP contribution >= 0.6 is 0 Å². The zero-order valence-electron chi connectivity index (χ0n) is 12.8. The van der Waals surface area contributed by atoms with E-state index in [1.54, 1.807) is 0 Å². The Morgan fingerprint density at radius 1 is 1.20 bits per heavy atom. The van der Waals surface area contributed by atoms with Crippen LogP contribution in [0.1, 0.15) is 49.7 Å². The van der Waals surface area contributed by atoms with E-state index in [1.165, 1.54) is 11.1 Å². The van der Waals surface area contributed by atoms with Gasteiger partial charge in [-0.2, -0.15) is 0 Å². The SMILES string of the molecule is CCCNC(c1ccccc1C)c1nccn1CCC. The van der Waals surface area contributed by atoms with E-state index in [4.69, 9.17) is 0 Å². The van der Waals surface area contributed by atoms with Gasteiger partial charge in [0.2, 0.25) is 0 Å². The molecular weight excluding hydrogens is 246 g/mol. The Morgan fingerprint density at radius 2 is 2.00 bits per heavy atom. The van der Waals surface area contributed by atoms with Crippen molar-refractivity contribution in [1.29, 1.82) is 0 Å². The van der Waals surface area contributed by atoms with Crippen molar-refractivity contribution in [3.63, 3.8) is 0 Å². The van der Waals surface area contributed by atoms with Crippen LogP contribution < -0.4 is 5.32 Å². The van der Waals surface area contributed by atoms with Gasteiger partial charge in [0, 0.05) is 18.9 Å². The van der Waals surface area contributed by atoms with Crippen LogP contribution in [0.4, 0.5) is 0 Å². The fourth-order valence-electron chi connectivity index (χ4n) is 2.55. The highest BCUT2D eigenvalue weighted by Crippen LogP contribution is 2.24. The molecule has 1 unspecified atom stereocenters. The van der Waals surface area contributed by atoms with Gasteiger partial charge >= 0.3 is 0 Å². The smallest absolute Gasteiger partial charge is 0.130 e. The molecule has 0 fully saturated rings. The van der Waals surface area contributed by atoms with Crippen molar-refractivity contribution < 1.29 is 0 Å². The van der Waals surface area contributed by atoms with Crippen molar-refractivity contribution in [1.82, 2.24) is 14.9 Å². The summed E-state index contributed by atoms with van der Waals surface area (Å²) in [6.45, 7) is 8.58. The topological polar surface area (TPSA) is 29.9 Å². The number of imidazole rings is 1. The maximum absolute atomic E-state index is 4.61. The van der Waals surface area contributed by atoms with Crippen LogP contribution in [0.25, 0.3) is 0 Å². The van der Waals surface area contributed by atoms with Crippen LogP contribution in [0.2, 0.25) is 0 Å². The van der Waals surface area contributed by atoms with E-state index in [0.717, 1.165) is 31.8 Å². The molecule has 20 heavy (non-hydrogen) atoms. The lowest BCUT2D eigenvalue weighted by Gasteiger charge is -2.21. The number of nitrogens with one attached hydrogen (secondary N) is 1. The first-order valence-electron chi connectivity index (χ1n) is 7.57. The van der Waals surface area contributed by atoms with Gasteiger partial charge < -0.3 is 9.88 Å². The van der Waals surface area contributed by atoms with E-state index in [9.17, 15) is 0 Å². The lowest BCUT2D eigenvalue weighted by Crippen LogP contribution is -2.27. The van der Waals surface area contributed by atoms with Gasteiger partial charge in [-0.1, -0.05) is 38.1 Å². The van der Waals surface area contributed by atoms with Crippen LogP contribution in [0.5, 0.6) is 0 Å². The summed E-state index contributed by atoms with van der Waals surface area (Å²) in [4.78, 5) is 4.61. The molecule has 0 amide bonds. The standard InChI is InChI=1S/C17H25N3/c1-4-10-18-16(15-9-7-6-8-14(15)3)17-19-11-13-20(17)12-5-2/h6-9,11,13,16,18H,4-5,10,12H2,1-3H3. The predicted octanol–water partition coefficient (Wildman–Crippen LogP) is 3.69. The minimum Gasteiger partial charge on any atom is -0.333 e. The number of hydrogen-bond donors (Lipinski definition) is 1. The summed E-state index contributed by atoms with van der Waals surface area (Å²) < 4.78 is 2.26. The van der Waals surface area contributed by atoms with Crippen LogP contribution in [0.15, 0.2) is 36.7 Å². The van der Waals surface area contributed by atoms with E-state index in [2.05, 4.69) is 66.1 Å². The third-order valence-electron chi connectivity index (χ3n) is 3.57. The number of nitrogens with zero attached hydrogens (tertiary/aromatic N) is 2. The summed E-state index contributed by atoms with van der Waals surface area (Å²) in [5.74, 6) is 1.12. The van der Waals surface area contributed by atoms with Crippen LogP contribution in [0.3, 0.4) is 0 Å². The molecule has 1 heterocycles. The number of aryl methyl sites for hydroxylation is 2. The van der Waals surface area contributed by atoms with Gasteiger partial charge in [0.1, 0.15) is 5.82 Å². The molecule has 0 spiro atoms. The van der Waals surface area contributed by atoms with E-state index < -0.39 is 0 Å². The number of aromatic nitrogens is 2. The van der Waals surface area contributed by atoms with Gasteiger partial charge in [0.05, 0.1) is 6.04 Å². The monoisotopic (exact) mass is 271 g/mol. The summed E-state index contributed by atoms with van der Waals surface area (Å²) in [7, 11) is 0. The first-order valence-corrected chi connectivity index (χ1v) is 7.57. The number of benzene rings is 1. The highest BCUT2D eigenvalue weighted by Gasteiger charge is 2.19. The van der Waals surface area contributed by atoms with E-state index in [-0.39, 0.29) is 6.04 Å². The summed E-state index contributed by atoms with van der Waals surface area (Å²) in [5.41, 5.74) is 2.64. The number of hydrogen-bond acceptors (Lipinski definition) is 2. The Balaban J connectivity index is 2.37. The van der Waals surface area contributed by atoms with Crippen molar-refractivity contribution >= 4 is 0 Å². The molecule has 2 aromatic rings. The normalized spacial score (nSPS) is 12.6. The lowest BCUT2D eigenvalue weighted by molar-refractivity contribution is 0.528. The van der Waals surface area contributed by atoms with Crippen molar-refractivity contribution in [3.05, 3.63) is 53.6 Å². The van der Waals surface area contributed by atoms with Crippen LogP contribution in [-0.4, -0.2) is 16.1 Å². The lowest BCUT2D eigenvalue weighted by atomic mass is 10.0. The van der Waals surface area contributed by atoms with Crippen molar-refractivity contribution in [2.45, 2.75) is 46.2 Å². The van der Waals surface area contributed by atoms with Crippen molar-refractivity contribution in [2.75, 3.05) is 6.54 Å². The maximum Gasteiger partial charge on any atom is 0.130 e. The zero-order valence-corrected chi connectivity index (χ0v) is 12.8. The van der Waals surface area contributed by atoms with Gasteiger partial charge in [-0.3, -0.25) is 0 Å². The van der Waals surface area contributed by atoms with Crippen molar-refractivity contribution in [2.24, 2.45) is 0 Å². The quantitative estimate of drug-likeness (QED) is 0.832. The summed E-state index contributed by atoms with van der Waals surface area (Å²) in [6, 6.07) is 8.75. The molecule has 0 saturated heterocycles. The highest BCUT2D eigenvalue weighted by molar-refractivity contribution is 5.32. The van der Waals surface area contributed by atoms with Crippen LogP contribution in [0, 0.1) is 6.92 Å². The Hall–Kier alpha value is -1.61. The molecule has 0 bridgehead atoms. The molecule has 108 valence electrons. The van der Waals surface area contributed by atoms with E-state index in [0.29, 0.717) is 0 Å². The molecule has 0 radical (unpaired) electrons. The fourth-order valence-corrected chi connectivity index (χ4v) is 2.55. The molecule has 1 aromatic heterocycles. The van der Waals surface area contributed by atoms with Gasteiger partial charge in [-0.15, -0.1) is 0 Å². The third-order valence-corrected chi connectivity index (χ3v) is 3.57. The molecule has 0 aliphatic rings. The summed E-state index contributed by atoms with van der Waals surface area (Å²) in [6.07, 6.45) is 6.23.